The predicted molar refractivity (Wildman–Crippen MR) is 69.2 cm³/mol. The number of ether oxygens (including phenoxy) is 2. The molecular formula is C11H23N3O5. The Labute approximate surface area is 113 Å². The Morgan fingerprint density at radius 1 is 1.16 bits per heavy atom. The van der Waals surface area contributed by atoms with Gasteiger partial charge < -0.3 is 30.1 Å². The largest absolute Gasteiger partial charge is 0.480 e. The minimum absolute atomic E-state index is 0.174. The number of amides is 2. The van der Waals surface area contributed by atoms with Crippen LogP contribution in [0.1, 0.15) is 0 Å². The summed E-state index contributed by atoms with van der Waals surface area (Å²) in [5.41, 5.74) is 0. The van der Waals surface area contributed by atoms with Crippen molar-refractivity contribution >= 4 is 12.0 Å². The van der Waals surface area contributed by atoms with E-state index in [0.717, 1.165) is 13.1 Å². The number of carboxylic acids is 1. The minimum Gasteiger partial charge on any atom is -0.480 e. The van der Waals surface area contributed by atoms with E-state index in [0.29, 0.717) is 13.2 Å². The van der Waals surface area contributed by atoms with Crippen molar-refractivity contribution in [2.45, 2.75) is 0 Å². The Hall–Kier alpha value is -1.38. The van der Waals surface area contributed by atoms with Crippen LogP contribution in [0.3, 0.4) is 0 Å². The Morgan fingerprint density at radius 2 is 1.84 bits per heavy atom. The molecule has 0 fully saturated rings. The lowest BCUT2D eigenvalue weighted by Gasteiger charge is -2.16. The Kier molecular flexibility index (Phi) is 10.8. The second-order valence-corrected chi connectivity index (χ2v) is 3.93. The molecule has 8 nitrogen and oxygen atoms in total. The Morgan fingerprint density at radius 3 is 2.47 bits per heavy atom. The average Bonchev–Trinajstić information content (AvgIpc) is 2.35. The summed E-state index contributed by atoms with van der Waals surface area (Å²) in [6.45, 7) is 2.82. The van der Waals surface area contributed by atoms with Gasteiger partial charge >= 0.3 is 12.0 Å². The predicted octanol–water partition coefficient (Wildman–Crippen LogP) is -1.03. The summed E-state index contributed by atoms with van der Waals surface area (Å²) in [6, 6.07) is -0.293. The SMILES string of the molecule is COCCN(C)CCNC(=O)NCCOCC(=O)O. The lowest BCUT2D eigenvalue weighted by molar-refractivity contribution is -0.142. The Bertz CT molecular complexity index is 263. The first-order chi connectivity index (χ1) is 9.06. The Balaban J connectivity index is 3.36. The second kappa shape index (κ2) is 11.7. The van der Waals surface area contributed by atoms with Crippen molar-refractivity contribution in [1.82, 2.24) is 15.5 Å². The normalized spacial score (nSPS) is 10.5. The number of carboxylic acid groups (broad SMARTS) is 1. The number of nitrogens with one attached hydrogen (secondary N) is 2. The van der Waals surface area contributed by atoms with Crippen molar-refractivity contribution in [1.29, 1.82) is 0 Å². The molecular weight excluding hydrogens is 254 g/mol. The smallest absolute Gasteiger partial charge is 0.329 e. The molecule has 0 unspecified atom stereocenters. The van der Waals surface area contributed by atoms with Crippen LogP contribution in [0.2, 0.25) is 0 Å². The molecule has 3 N–H and O–H groups in total. The summed E-state index contributed by atoms with van der Waals surface area (Å²) in [7, 11) is 3.59. The van der Waals surface area contributed by atoms with Gasteiger partial charge in [-0.25, -0.2) is 9.59 Å². The standard InChI is InChI=1S/C11H23N3O5/c1-14(6-8-18-2)5-3-12-11(17)13-4-7-19-9-10(15)16/h3-9H2,1-2H3,(H,15,16)(H2,12,13,17). The molecule has 2 amide bonds. The van der Waals surface area contributed by atoms with Gasteiger partial charge in [0.1, 0.15) is 6.61 Å². The maximum Gasteiger partial charge on any atom is 0.329 e. The maximum atomic E-state index is 11.3. The number of nitrogens with zero attached hydrogens (tertiary/aromatic N) is 1. The zero-order chi connectivity index (χ0) is 14.5. The molecule has 0 bridgehead atoms. The van der Waals surface area contributed by atoms with E-state index in [4.69, 9.17) is 14.6 Å². The van der Waals surface area contributed by atoms with Gasteiger partial charge in [0, 0.05) is 33.3 Å². The molecule has 0 aliphatic carbocycles. The summed E-state index contributed by atoms with van der Waals surface area (Å²) in [6.07, 6.45) is 0. The van der Waals surface area contributed by atoms with Crippen LogP contribution in [0.25, 0.3) is 0 Å². The quantitative estimate of drug-likeness (QED) is 0.417. The van der Waals surface area contributed by atoms with E-state index in [1.165, 1.54) is 0 Å². The third kappa shape index (κ3) is 12.9. The fourth-order valence-electron chi connectivity index (χ4n) is 1.18. The molecule has 112 valence electrons. The van der Waals surface area contributed by atoms with E-state index < -0.39 is 5.97 Å². The van der Waals surface area contributed by atoms with Crippen LogP contribution < -0.4 is 10.6 Å². The fraction of sp³-hybridized carbons (Fsp3) is 0.818. The van der Waals surface area contributed by atoms with Crippen LogP contribution >= 0.6 is 0 Å². The first kappa shape index (κ1) is 17.6. The van der Waals surface area contributed by atoms with Crippen LogP contribution in [0, 0.1) is 0 Å². The molecule has 0 heterocycles. The number of hydrogen-bond donors (Lipinski definition) is 3. The van der Waals surface area contributed by atoms with Gasteiger partial charge in [-0.3, -0.25) is 0 Å². The number of likely N-dealkylation sites (N-methyl/N-ethyl adjacent to an activating group) is 1. The maximum absolute atomic E-state index is 11.3. The number of carbonyl (C=O) groups is 2. The van der Waals surface area contributed by atoms with Gasteiger partial charge in [-0.1, -0.05) is 0 Å². The second-order valence-electron chi connectivity index (χ2n) is 3.93. The van der Waals surface area contributed by atoms with E-state index >= 15 is 0 Å². The number of hydrogen-bond acceptors (Lipinski definition) is 5. The number of urea groups is 1. The molecule has 0 radical (unpaired) electrons. The number of rotatable bonds is 11. The van der Waals surface area contributed by atoms with Crippen molar-refractivity contribution in [3.63, 3.8) is 0 Å². The highest BCUT2D eigenvalue weighted by Gasteiger charge is 2.01. The molecule has 0 aromatic carbocycles. The van der Waals surface area contributed by atoms with Crippen molar-refractivity contribution in [2.75, 3.05) is 60.2 Å². The van der Waals surface area contributed by atoms with Gasteiger partial charge in [-0.05, 0) is 7.05 Å². The molecule has 0 aromatic heterocycles. The summed E-state index contributed by atoms with van der Waals surface area (Å²) >= 11 is 0. The third-order valence-corrected chi connectivity index (χ3v) is 2.21. The summed E-state index contributed by atoms with van der Waals surface area (Å²) in [5.74, 6) is -1.02. The van der Waals surface area contributed by atoms with Gasteiger partial charge in [0.05, 0.1) is 13.2 Å². The van der Waals surface area contributed by atoms with E-state index in [2.05, 4.69) is 10.6 Å². The summed E-state index contributed by atoms with van der Waals surface area (Å²) in [4.78, 5) is 23.5. The van der Waals surface area contributed by atoms with E-state index in [-0.39, 0.29) is 25.8 Å². The molecule has 0 atom stereocenters. The number of aliphatic carboxylic acids is 1. The van der Waals surface area contributed by atoms with E-state index in [1.54, 1.807) is 7.11 Å². The van der Waals surface area contributed by atoms with Crippen LogP contribution in [0.15, 0.2) is 0 Å². The molecule has 0 aliphatic heterocycles. The molecule has 0 spiro atoms. The molecule has 0 rings (SSSR count). The summed E-state index contributed by atoms with van der Waals surface area (Å²) in [5, 5.41) is 13.6. The van der Waals surface area contributed by atoms with Crippen LogP contribution in [-0.4, -0.2) is 82.2 Å². The minimum atomic E-state index is -1.02. The zero-order valence-electron chi connectivity index (χ0n) is 11.5. The average molecular weight is 277 g/mol. The van der Waals surface area contributed by atoms with Crippen molar-refractivity contribution in [2.24, 2.45) is 0 Å². The highest BCUT2D eigenvalue weighted by atomic mass is 16.5. The first-order valence-electron chi connectivity index (χ1n) is 6.05. The highest BCUT2D eigenvalue weighted by molar-refractivity contribution is 5.73. The summed E-state index contributed by atoms with van der Waals surface area (Å²) < 4.78 is 9.70. The van der Waals surface area contributed by atoms with Crippen LogP contribution in [0.5, 0.6) is 0 Å². The van der Waals surface area contributed by atoms with Crippen molar-refractivity contribution < 1.29 is 24.2 Å². The number of carbonyl (C=O) groups excluding carboxylic acids is 1. The van der Waals surface area contributed by atoms with Crippen LogP contribution in [0.4, 0.5) is 4.79 Å². The van der Waals surface area contributed by atoms with E-state index in [1.807, 2.05) is 11.9 Å². The zero-order valence-corrected chi connectivity index (χ0v) is 11.5. The lowest BCUT2D eigenvalue weighted by atomic mass is 10.5. The van der Waals surface area contributed by atoms with Gasteiger partial charge in [-0.15, -0.1) is 0 Å². The molecule has 8 heteroatoms. The molecule has 0 saturated heterocycles. The topological polar surface area (TPSA) is 100 Å². The third-order valence-electron chi connectivity index (χ3n) is 2.21. The van der Waals surface area contributed by atoms with Gasteiger partial charge in [0.15, 0.2) is 0 Å². The van der Waals surface area contributed by atoms with Gasteiger partial charge in [0.2, 0.25) is 0 Å². The highest BCUT2D eigenvalue weighted by Crippen LogP contribution is 1.81. The van der Waals surface area contributed by atoms with Gasteiger partial charge in [0.25, 0.3) is 0 Å². The lowest BCUT2D eigenvalue weighted by Crippen LogP contribution is -2.41. The molecule has 0 saturated carbocycles. The van der Waals surface area contributed by atoms with Gasteiger partial charge in [-0.2, -0.15) is 0 Å². The number of methoxy groups -OCH3 is 1. The van der Waals surface area contributed by atoms with Crippen molar-refractivity contribution in [3.8, 4) is 0 Å². The van der Waals surface area contributed by atoms with E-state index in [9.17, 15) is 9.59 Å². The molecule has 0 aliphatic rings. The fourth-order valence-corrected chi connectivity index (χ4v) is 1.18. The van der Waals surface area contributed by atoms with Crippen molar-refractivity contribution in [3.05, 3.63) is 0 Å². The molecule has 0 aromatic rings. The molecule has 19 heavy (non-hydrogen) atoms. The van der Waals surface area contributed by atoms with Crippen LogP contribution in [-0.2, 0) is 14.3 Å². The first-order valence-corrected chi connectivity index (χ1v) is 6.05. The monoisotopic (exact) mass is 277 g/mol.